The summed E-state index contributed by atoms with van der Waals surface area (Å²) >= 11 is 0. The molecule has 0 saturated carbocycles. The van der Waals surface area contributed by atoms with Gasteiger partial charge < -0.3 is 19.9 Å². The summed E-state index contributed by atoms with van der Waals surface area (Å²) in [6.07, 6.45) is -14.8. The van der Waals surface area contributed by atoms with Crippen LogP contribution in [0, 0.1) is 6.92 Å². The number of halogens is 6. The zero-order valence-electron chi connectivity index (χ0n) is 20.7. The van der Waals surface area contributed by atoms with Crippen molar-refractivity contribution in [3.05, 3.63) is 101 Å². The third-order valence-corrected chi connectivity index (χ3v) is 5.38. The van der Waals surface area contributed by atoms with E-state index >= 15 is 0 Å². The van der Waals surface area contributed by atoms with Crippen LogP contribution in [0.2, 0.25) is 0 Å². The van der Waals surface area contributed by atoms with Crippen molar-refractivity contribution in [2.75, 3.05) is 5.32 Å². The Bertz CT molecular complexity index is 1470. The van der Waals surface area contributed by atoms with Crippen molar-refractivity contribution < 1.29 is 60.1 Å². The van der Waals surface area contributed by atoms with Crippen LogP contribution in [0.4, 0.5) is 32.0 Å². The SMILES string of the molecule is Cc1cccc(NC(=O)[C@@H](OC(=O)c2cccc(C(F)(F)F)c2)[C@@H](OC(=O)c2cccc(C(F)(F)F)c2)C(=O)O)c1. The largest absolute Gasteiger partial charge is 0.478 e. The maximum absolute atomic E-state index is 13.1. The third-order valence-electron chi connectivity index (χ3n) is 5.38. The Morgan fingerprint density at radius 1 is 0.707 bits per heavy atom. The zero-order chi connectivity index (χ0) is 30.5. The van der Waals surface area contributed by atoms with E-state index in [1.54, 1.807) is 13.0 Å². The number of rotatable bonds is 8. The van der Waals surface area contributed by atoms with E-state index in [2.05, 4.69) is 5.32 Å². The van der Waals surface area contributed by atoms with Gasteiger partial charge in [-0.05, 0) is 61.0 Å². The average molecular weight is 583 g/mol. The number of aryl methyl sites for hydroxylation is 1. The number of amides is 1. The molecule has 41 heavy (non-hydrogen) atoms. The van der Waals surface area contributed by atoms with E-state index in [1.165, 1.54) is 18.2 Å². The lowest BCUT2D eigenvalue weighted by molar-refractivity contribution is -0.157. The van der Waals surface area contributed by atoms with Gasteiger partial charge in [-0.25, -0.2) is 14.4 Å². The van der Waals surface area contributed by atoms with Gasteiger partial charge in [0.2, 0.25) is 12.2 Å². The highest BCUT2D eigenvalue weighted by Gasteiger charge is 2.42. The smallest absolute Gasteiger partial charge is 0.416 e. The van der Waals surface area contributed by atoms with Gasteiger partial charge in [0.15, 0.2) is 0 Å². The molecular formula is C27H19F6NO7. The maximum Gasteiger partial charge on any atom is 0.416 e. The lowest BCUT2D eigenvalue weighted by Gasteiger charge is -2.24. The molecule has 3 aromatic carbocycles. The number of carbonyl (C=O) groups excluding carboxylic acids is 3. The number of benzene rings is 3. The predicted molar refractivity (Wildman–Crippen MR) is 129 cm³/mol. The van der Waals surface area contributed by atoms with Crippen LogP contribution in [-0.4, -0.2) is 41.1 Å². The molecule has 0 aliphatic carbocycles. The molecule has 0 bridgehead atoms. The molecule has 2 N–H and O–H groups in total. The fourth-order valence-corrected chi connectivity index (χ4v) is 3.44. The van der Waals surface area contributed by atoms with Crippen molar-refractivity contribution >= 4 is 29.5 Å². The molecule has 0 aliphatic heterocycles. The van der Waals surface area contributed by atoms with Crippen LogP contribution in [0.25, 0.3) is 0 Å². The van der Waals surface area contributed by atoms with Gasteiger partial charge in [0, 0.05) is 5.69 Å². The first-order valence-corrected chi connectivity index (χ1v) is 11.4. The van der Waals surface area contributed by atoms with Crippen LogP contribution in [0.1, 0.15) is 37.4 Å². The van der Waals surface area contributed by atoms with Crippen LogP contribution < -0.4 is 5.32 Å². The van der Waals surface area contributed by atoms with E-state index < -0.39 is 70.6 Å². The van der Waals surface area contributed by atoms with E-state index in [9.17, 15) is 50.6 Å². The van der Waals surface area contributed by atoms with E-state index in [-0.39, 0.29) is 5.69 Å². The molecule has 1 amide bonds. The Labute approximate surface area is 227 Å². The number of aliphatic carboxylic acids is 1. The number of ether oxygens (including phenoxy) is 2. The molecule has 0 radical (unpaired) electrons. The molecule has 3 rings (SSSR count). The molecule has 0 aromatic heterocycles. The Morgan fingerprint density at radius 3 is 1.61 bits per heavy atom. The van der Waals surface area contributed by atoms with Gasteiger partial charge in [-0.2, -0.15) is 26.3 Å². The second-order valence-electron chi connectivity index (χ2n) is 8.51. The van der Waals surface area contributed by atoms with Crippen molar-refractivity contribution in [1.82, 2.24) is 0 Å². The predicted octanol–water partition coefficient (Wildman–Crippen LogP) is 5.51. The van der Waals surface area contributed by atoms with E-state index in [0.717, 1.165) is 24.3 Å². The number of alkyl halides is 6. The monoisotopic (exact) mass is 583 g/mol. The summed E-state index contributed by atoms with van der Waals surface area (Å²) in [5.41, 5.74) is -3.24. The number of anilines is 1. The van der Waals surface area contributed by atoms with Gasteiger partial charge in [-0.15, -0.1) is 0 Å². The lowest BCUT2D eigenvalue weighted by Crippen LogP contribution is -2.48. The zero-order valence-corrected chi connectivity index (χ0v) is 20.7. The summed E-state index contributed by atoms with van der Waals surface area (Å²) in [4.78, 5) is 50.6. The molecule has 0 spiro atoms. The molecular weight excluding hydrogens is 564 g/mol. The van der Waals surface area contributed by atoms with Crippen LogP contribution in [0.15, 0.2) is 72.8 Å². The topological polar surface area (TPSA) is 119 Å². The number of hydrogen-bond donors (Lipinski definition) is 2. The highest BCUT2D eigenvalue weighted by Crippen LogP contribution is 2.31. The maximum atomic E-state index is 13.1. The molecule has 14 heteroatoms. The number of esters is 2. The van der Waals surface area contributed by atoms with Gasteiger partial charge in [0.05, 0.1) is 22.3 Å². The minimum absolute atomic E-state index is 0.0865. The Morgan fingerprint density at radius 2 is 1.17 bits per heavy atom. The second kappa shape index (κ2) is 12.1. The van der Waals surface area contributed by atoms with Crippen LogP contribution in [-0.2, 0) is 31.4 Å². The van der Waals surface area contributed by atoms with Gasteiger partial charge in [0.25, 0.3) is 5.91 Å². The number of carboxylic acid groups (broad SMARTS) is 1. The van der Waals surface area contributed by atoms with E-state index in [1.807, 2.05) is 0 Å². The van der Waals surface area contributed by atoms with Crippen molar-refractivity contribution in [3.8, 4) is 0 Å². The van der Waals surface area contributed by atoms with Crippen molar-refractivity contribution in [2.45, 2.75) is 31.5 Å². The van der Waals surface area contributed by atoms with Crippen LogP contribution in [0.5, 0.6) is 0 Å². The third kappa shape index (κ3) is 8.06. The molecule has 0 unspecified atom stereocenters. The lowest BCUT2D eigenvalue weighted by atomic mass is 10.1. The summed E-state index contributed by atoms with van der Waals surface area (Å²) < 4.78 is 88.3. The molecule has 0 aliphatic rings. The van der Waals surface area contributed by atoms with Crippen molar-refractivity contribution in [3.63, 3.8) is 0 Å². The molecule has 2 atom stereocenters. The van der Waals surface area contributed by atoms with E-state index in [0.29, 0.717) is 29.8 Å². The Kier molecular flexibility index (Phi) is 9.05. The molecule has 0 heterocycles. The van der Waals surface area contributed by atoms with Crippen molar-refractivity contribution in [1.29, 1.82) is 0 Å². The minimum atomic E-state index is -4.86. The Hall–Kier alpha value is -4.88. The van der Waals surface area contributed by atoms with Crippen LogP contribution in [0.3, 0.4) is 0 Å². The quantitative estimate of drug-likeness (QED) is 0.265. The van der Waals surface area contributed by atoms with Gasteiger partial charge in [0.1, 0.15) is 0 Å². The highest BCUT2D eigenvalue weighted by atomic mass is 19.4. The van der Waals surface area contributed by atoms with Crippen molar-refractivity contribution in [2.24, 2.45) is 0 Å². The summed E-state index contributed by atoms with van der Waals surface area (Å²) in [5, 5.41) is 12.0. The molecule has 0 saturated heterocycles. The Balaban J connectivity index is 1.97. The van der Waals surface area contributed by atoms with Gasteiger partial charge >= 0.3 is 30.3 Å². The summed E-state index contributed by atoms with van der Waals surface area (Å²) in [6.45, 7) is 1.65. The standard InChI is InChI=1S/C27H19F6NO7/c1-14-5-2-10-19(11-14)34-22(35)20(40-24(38)15-6-3-8-17(12-15)26(28,29)30)21(23(36)37)41-25(39)16-7-4-9-18(13-16)27(31,32)33/h2-13,20-21H,1H3,(H,34,35)(H,36,37)/t20-,21+/m0/s1. The fraction of sp³-hybridized carbons (Fsp3) is 0.185. The molecule has 3 aromatic rings. The fourth-order valence-electron chi connectivity index (χ4n) is 3.44. The highest BCUT2D eigenvalue weighted by molar-refractivity contribution is 6.01. The number of carboxylic acids is 1. The second-order valence-corrected chi connectivity index (χ2v) is 8.51. The molecule has 8 nitrogen and oxygen atoms in total. The molecule has 0 fully saturated rings. The first-order chi connectivity index (χ1) is 19.1. The number of nitrogens with one attached hydrogen (secondary N) is 1. The summed E-state index contributed by atoms with van der Waals surface area (Å²) in [5.74, 6) is -6.61. The van der Waals surface area contributed by atoms with Gasteiger partial charge in [-0.3, -0.25) is 4.79 Å². The summed E-state index contributed by atoms with van der Waals surface area (Å²) in [6, 6.07) is 11.5. The van der Waals surface area contributed by atoms with Crippen LogP contribution >= 0.6 is 0 Å². The molecule has 216 valence electrons. The van der Waals surface area contributed by atoms with E-state index in [4.69, 9.17) is 9.47 Å². The summed E-state index contributed by atoms with van der Waals surface area (Å²) in [7, 11) is 0. The number of hydrogen-bond acceptors (Lipinski definition) is 6. The first-order valence-electron chi connectivity index (χ1n) is 11.4. The first kappa shape index (κ1) is 30.7. The number of carbonyl (C=O) groups is 4. The van der Waals surface area contributed by atoms with Gasteiger partial charge in [-0.1, -0.05) is 24.3 Å². The minimum Gasteiger partial charge on any atom is -0.478 e. The average Bonchev–Trinajstić information content (AvgIpc) is 2.89. The normalized spacial score (nSPS) is 13.0.